The molecule has 4 unspecified atom stereocenters. The third-order valence-electron chi connectivity index (χ3n) is 6.16. The molecule has 0 amide bonds. The summed E-state index contributed by atoms with van der Waals surface area (Å²) in [6.45, 7) is 0. The highest BCUT2D eigenvalue weighted by Gasteiger charge is 2.42. The van der Waals surface area contributed by atoms with Gasteiger partial charge in [0, 0.05) is 17.7 Å². The van der Waals surface area contributed by atoms with Gasteiger partial charge in [0.1, 0.15) is 0 Å². The molecule has 1 aromatic rings. The van der Waals surface area contributed by atoms with Crippen molar-refractivity contribution >= 4 is 17.6 Å². The fourth-order valence-electron chi connectivity index (χ4n) is 4.38. The Kier molecular flexibility index (Phi) is 6.61. The van der Waals surface area contributed by atoms with Crippen LogP contribution in [-0.4, -0.2) is 32.8 Å². The normalized spacial score (nSPS) is 29.7. The molecule has 4 atom stereocenters. The number of halogens is 1. The molecule has 0 bridgehead atoms. The van der Waals surface area contributed by atoms with Crippen LogP contribution >= 0.6 is 11.6 Å². The van der Waals surface area contributed by atoms with E-state index in [1.165, 1.54) is 0 Å². The lowest BCUT2D eigenvalue weighted by Crippen LogP contribution is -2.33. The highest BCUT2D eigenvalue weighted by molar-refractivity contribution is 6.21. The number of hydrogen-bond acceptors (Lipinski definition) is 3. The molecule has 5 heteroatoms. The van der Waals surface area contributed by atoms with E-state index in [2.05, 4.69) is 6.08 Å². The van der Waals surface area contributed by atoms with Gasteiger partial charge in [-0.2, -0.15) is 0 Å². The van der Waals surface area contributed by atoms with Crippen LogP contribution in [-0.2, 0) is 10.4 Å². The average Bonchev–Trinajstić information content (AvgIpc) is 2.89. The number of aliphatic carboxylic acids is 1. The molecule has 0 aliphatic heterocycles. The van der Waals surface area contributed by atoms with Gasteiger partial charge >= 0.3 is 5.97 Å². The van der Waals surface area contributed by atoms with Gasteiger partial charge in [0.15, 0.2) is 0 Å². The van der Waals surface area contributed by atoms with E-state index in [1.54, 1.807) is 0 Å². The van der Waals surface area contributed by atoms with E-state index >= 15 is 0 Å². The molecule has 0 aromatic heterocycles. The second-order valence-electron chi connectivity index (χ2n) is 8.01. The van der Waals surface area contributed by atoms with Crippen LogP contribution in [0.3, 0.4) is 0 Å². The van der Waals surface area contributed by atoms with Crippen molar-refractivity contribution in [2.24, 2.45) is 5.92 Å². The minimum Gasteiger partial charge on any atom is -0.481 e. The lowest BCUT2D eigenvalue weighted by atomic mass is 9.74. The molecule has 0 radical (unpaired) electrons. The molecule has 2 aliphatic carbocycles. The van der Waals surface area contributed by atoms with E-state index < -0.39 is 17.7 Å². The summed E-state index contributed by atoms with van der Waals surface area (Å²) in [4.78, 5) is 10.5. The number of carbonyl (C=O) groups is 1. The van der Waals surface area contributed by atoms with Crippen molar-refractivity contribution in [2.75, 3.05) is 0 Å². The van der Waals surface area contributed by atoms with Gasteiger partial charge in [-0.05, 0) is 62.0 Å². The van der Waals surface area contributed by atoms with Crippen molar-refractivity contribution in [1.29, 1.82) is 0 Å². The third-order valence-corrected chi connectivity index (χ3v) is 6.66. The zero-order chi connectivity index (χ0) is 19.4. The predicted octanol–water partition coefficient (Wildman–Crippen LogP) is 4.33. The molecule has 4 nitrogen and oxygen atoms in total. The number of unbranched alkanes of at least 4 members (excludes halogenated alkanes) is 1. The van der Waals surface area contributed by atoms with E-state index in [4.69, 9.17) is 16.7 Å². The summed E-state index contributed by atoms with van der Waals surface area (Å²) in [5, 5.41) is 29.6. The van der Waals surface area contributed by atoms with Crippen LogP contribution in [0.5, 0.6) is 0 Å². The van der Waals surface area contributed by atoms with Crippen LogP contribution in [0.1, 0.15) is 68.4 Å². The second kappa shape index (κ2) is 8.76. The first-order chi connectivity index (χ1) is 12.9. The number of alkyl halides is 1. The van der Waals surface area contributed by atoms with Crippen molar-refractivity contribution < 1.29 is 20.1 Å². The maximum absolute atomic E-state index is 10.5. The Balaban J connectivity index is 1.63. The van der Waals surface area contributed by atoms with Crippen molar-refractivity contribution in [3.8, 4) is 0 Å². The maximum atomic E-state index is 10.5. The van der Waals surface area contributed by atoms with Crippen molar-refractivity contribution in [1.82, 2.24) is 0 Å². The van der Waals surface area contributed by atoms with Crippen LogP contribution in [0.15, 0.2) is 36.4 Å². The molecule has 27 heavy (non-hydrogen) atoms. The fraction of sp³-hybridized carbons (Fsp3) is 0.591. The van der Waals surface area contributed by atoms with Gasteiger partial charge in [-0.3, -0.25) is 4.79 Å². The summed E-state index contributed by atoms with van der Waals surface area (Å²) in [6, 6.07) is 8.03. The quantitative estimate of drug-likeness (QED) is 0.349. The van der Waals surface area contributed by atoms with E-state index in [0.29, 0.717) is 12.8 Å². The molecule has 3 N–H and O–H groups in total. The first kappa shape index (κ1) is 20.4. The molecule has 3 rings (SSSR count). The first-order valence-electron chi connectivity index (χ1n) is 9.92. The summed E-state index contributed by atoms with van der Waals surface area (Å²) in [7, 11) is 0. The van der Waals surface area contributed by atoms with Crippen LogP contribution in [0.2, 0.25) is 0 Å². The molecule has 1 aromatic carbocycles. The van der Waals surface area contributed by atoms with Crippen molar-refractivity contribution in [3.63, 3.8) is 0 Å². The first-order valence-corrected chi connectivity index (χ1v) is 10.4. The number of allylic oxidation sites excluding steroid dienone is 2. The lowest BCUT2D eigenvalue weighted by Gasteiger charge is -2.37. The van der Waals surface area contributed by atoms with E-state index in [1.807, 2.05) is 30.3 Å². The molecular formula is C22H29ClO4. The molecular weight excluding hydrogens is 364 g/mol. The molecule has 0 heterocycles. The minimum absolute atomic E-state index is 0.0127. The zero-order valence-electron chi connectivity index (χ0n) is 15.6. The second-order valence-corrected chi connectivity index (χ2v) is 8.57. The van der Waals surface area contributed by atoms with Crippen LogP contribution < -0.4 is 0 Å². The Labute approximate surface area is 165 Å². The largest absolute Gasteiger partial charge is 0.481 e. The number of aliphatic hydroxyl groups is 2. The molecule has 0 saturated heterocycles. The van der Waals surface area contributed by atoms with Gasteiger partial charge in [-0.1, -0.05) is 36.4 Å². The Morgan fingerprint density at radius 3 is 2.52 bits per heavy atom. The number of carboxylic acids is 1. The number of rotatable bonds is 8. The molecule has 2 saturated carbocycles. The molecule has 148 valence electrons. The number of hydrogen-bond donors (Lipinski definition) is 3. The SMILES string of the molecule is O=C(O)CCC/C=C/CC1C(Cl)CC(O)C1c1ccc(C2(O)CCC2)cc1. The Hall–Kier alpha value is -1.36. The van der Waals surface area contributed by atoms with Crippen molar-refractivity contribution in [2.45, 2.75) is 74.4 Å². The predicted molar refractivity (Wildman–Crippen MR) is 106 cm³/mol. The summed E-state index contributed by atoms with van der Waals surface area (Å²) >= 11 is 6.52. The summed E-state index contributed by atoms with van der Waals surface area (Å²) in [6.07, 6.45) is 9.24. The van der Waals surface area contributed by atoms with E-state index in [-0.39, 0.29) is 23.6 Å². The van der Waals surface area contributed by atoms with E-state index in [9.17, 15) is 15.0 Å². The van der Waals surface area contributed by atoms with Gasteiger partial charge in [-0.15, -0.1) is 11.6 Å². The summed E-state index contributed by atoms with van der Waals surface area (Å²) in [5.41, 5.74) is 1.36. The monoisotopic (exact) mass is 392 g/mol. The van der Waals surface area contributed by atoms with E-state index in [0.717, 1.165) is 43.2 Å². The topological polar surface area (TPSA) is 77.8 Å². The molecule has 2 fully saturated rings. The lowest BCUT2D eigenvalue weighted by molar-refractivity contribution is -0.137. The fourth-order valence-corrected chi connectivity index (χ4v) is 4.83. The number of aliphatic hydroxyl groups excluding tert-OH is 1. The number of benzene rings is 1. The standard InChI is InChI=1S/C22H29ClO4/c23-18-14-19(24)21(17(18)6-3-1-2-4-7-20(25)26)15-8-10-16(11-9-15)22(27)12-5-13-22/h1,3,8-11,17-19,21,24,27H,2,4-7,12-14H2,(H,25,26)/b3-1+. The smallest absolute Gasteiger partial charge is 0.303 e. The highest BCUT2D eigenvalue weighted by atomic mass is 35.5. The van der Waals surface area contributed by atoms with Crippen LogP contribution in [0, 0.1) is 5.92 Å². The average molecular weight is 393 g/mol. The molecule has 2 aliphatic rings. The number of carboxylic acid groups (broad SMARTS) is 1. The highest BCUT2D eigenvalue weighted by Crippen LogP contribution is 2.46. The van der Waals surface area contributed by atoms with Gasteiger partial charge < -0.3 is 15.3 Å². The van der Waals surface area contributed by atoms with Gasteiger partial charge in [0.05, 0.1) is 11.7 Å². The summed E-state index contributed by atoms with van der Waals surface area (Å²) < 4.78 is 0. The third kappa shape index (κ3) is 4.74. The summed E-state index contributed by atoms with van der Waals surface area (Å²) in [5.74, 6) is -0.630. The van der Waals surface area contributed by atoms with Crippen molar-refractivity contribution in [3.05, 3.63) is 47.5 Å². The van der Waals surface area contributed by atoms with Crippen LogP contribution in [0.25, 0.3) is 0 Å². The van der Waals surface area contributed by atoms with Gasteiger partial charge in [0.2, 0.25) is 0 Å². The Bertz CT molecular complexity index is 665. The molecule has 0 spiro atoms. The zero-order valence-corrected chi connectivity index (χ0v) is 16.3. The Morgan fingerprint density at radius 2 is 1.93 bits per heavy atom. The maximum Gasteiger partial charge on any atom is 0.303 e. The van der Waals surface area contributed by atoms with Gasteiger partial charge in [-0.25, -0.2) is 0 Å². The Morgan fingerprint density at radius 1 is 1.22 bits per heavy atom. The van der Waals surface area contributed by atoms with Gasteiger partial charge in [0.25, 0.3) is 0 Å². The van der Waals surface area contributed by atoms with Crippen LogP contribution in [0.4, 0.5) is 0 Å². The minimum atomic E-state index is -0.766.